The number of hydrogen-bond acceptors (Lipinski definition) is 4. The van der Waals surface area contributed by atoms with Crippen molar-refractivity contribution in [2.24, 2.45) is 0 Å². The Morgan fingerprint density at radius 3 is 2.20 bits per heavy atom. The molecule has 0 unspecified atom stereocenters. The van der Waals surface area contributed by atoms with E-state index in [1.54, 1.807) is 0 Å². The molecule has 0 saturated heterocycles. The van der Waals surface area contributed by atoms with Crippen molar-refractivity contribution < 1.29 is 0 Å². The Hall–Kier alpha value is -3.34. The fourth-order valence-corrected chi connectivity index (χ4v) is 3.59. The van der Waals surface area contributed by atoms with E-state index in [0.717, 1.165) is 55.0 Å². The Labute approximate surface area is 212 Å². The second kappa shape index (κ2) is 15.5. The normalized spacial score (nSPS) is 10.4. The zero-order chi connectivity index (χ0) is 25.5. The Balaban J connectivity index is 0.000000269. The van der Waals surface area contributed by atoms with Crippen LogP contribution in [0.4, 0.5) is 5.69 Å². The van der Waals surface area contributed by atoms with E-state index in [1.165, 1.54) is 16.7 Å². The molecule has 35 heavy (non-hydrogen) atoms. The summed E-state index contributed by atoms with van der Waals surface area (Å²) in [5.74, 6) is 0. The van der Waals surface area contributed by atoms with Gasteiger partial charge in [-0.25, -0.2) is 0 Å². The van der Waals surface area contributed by atoms with Crippen molar-refractivity contribution in [1.29, 1.82) is 0 Å². The first-order valence-corrected chi connectivity index (χ1v) is 12.4. The summed E-state index contributed by atoms with van der Waals surface area (Å²) in [6.07, 6.45) is 3.90. The molecule has 0 radical (unpaired) electrons. The minimum atomic E-state index is 0.548. The minimum absolute atomic E-state index is 0.548. The van der Waals surface area contributed by atoms with Crippen molar-refractivity contribution in [2.75, 3.05) is 19.3 Å². The van der Waals surface area contributed by atoms with Gasteiger partial charge in [-0.2, -0.15) is 0 Å². The molecule has 4 nitrogen and oxygen atoms in total. The maximum absolute atomic E-state index is 5.79. The van der Waals surface area contributed by atoms with Gasteiger partial charge in [-0.3, -0.25) is 0 Å². The number of rotatable bonds is 12. The van der Waals surface area contributed by atoms with Crippen LogP contribution in [0, 0.1) is 0 Å². The van der Waals surface area contributed by atoms with Gasteiger partial charge in [-0.15, -0.1) is 0 Å². The van der Waals surface area contributed by atoms with Gasteiger partial charge in [0.25, 0.3) is 0 Å². The lowest BCUT2D eigenvalue weighted by Gasteiger charge is -2.11. The molecule has 3 rings (SSSR count). The summed E-state index contributed by atoms with van der Waals surface area (Å²) in [5, 5.41) is 9.91. The fraction of sp³-hybridized carbons (Fsp3) is 0.290. The van der Waals surface area contributed by atoms with Crippen LogP contribution >= 0.6 is 0 Å². The predicted molar refractivity (Wildman–Crippen MR) is 154 cm³/mol. The van der Waals surface area contributed by atoms with Crippen LogP contribution < -0.4 is 21.7 Å². The highest BCUT2D eigenvalue weighted by Gasteiger charge is 2.01. The SMILES string of the molecule is C=Cc1cc(N)ccc1CCCNC(=C)c1ccccc1.CNCc1ccc(CNC(C)C)cc1. The van der Waals surface area contributed by atoms with Crippen LogP contribution in [0.3, 0.4) is 0 Å². The van der Waals surface area contributed by atoms with E-state index in [-0.39, 0.29) is 0 Å². The Morgan fingerprint density at radius 1 is 0.943 bits per heavy atom. The first kappa shape index (κ1) is 27.9. The molecule has 0 amide bonds. The lowest BCUT2D eigenvalue weighted by Crippen LogP contribution is -2.21. The van der Waals surface area contributed by atoms with E-state index in [0.29, 0.717) is 6.04 Å². The third-order valence-electron chi connectivity index (χ3n) is 5.59. The molecular formula is C31H42N4. The molecule has 0 fully saturated rings. The molecule has 3 aromatic rings. The second-order valence-corrected chi connectivity index (χ2v) is 8.92. The van der Waals surface area contributed by atoms with Crippen LogP contribution in [0.15, 0.2) is 86.0 Å². The molecule has 0 bridgehead atoms. The van der Waals surface area contributed by atoms with Crippen molar-refractivity contribution in [1.82, 2.24) is 16.0 Å². The van der Waals surface area contributed by atoms with Crippen molar-refractivity contribution in [3.63, 3.8) is 0 Å². The summed E-state index contributed by atoms with van der Waals surface area (Å²) in [4.78, 5) is 0. The Morgan fingerprint density at radius 2 is 1.60 bits per heavy atom. The number of benzene rings is 3. The largest absolute Gasteiger partial charge is 0.399 e. The number of anilines is 1. The molecule has 4 heteroatoms. The number of nitrogen functional groups attached to an aromatic ring is 1. The number of nitrogens with two attached hydrogens (primary N) is 1. The van der Waals surface area contributed by atoms with Gasteiger partial charge in [0.1, 0.15) is 0 Å². The van der Waals surface area contributed by atoms with Crippen molar-refractivity contribution in [3.8, 4) is 0 Å². The van der Waals surface area contributed by atoms with Crippen LogP contribution in [0.1, 0.15) is 48.1 Å². The first-order chi connectivity index (χ1) is 16.9. The van der Waals surface area contributed by atoms with E-state index in [4.69, 9.17) is 5.73 Å². The molecule has 0 spiro atoms. The van der Waals surface area contributed by atoms with Crippen LogP contribution in [-0.2, 0) is 19.5 Å². The molecule has 186 valence electrons. The monoisotopic (exact) mass is 470 g/mol. The third kappa shape index (κ3) is 10.6. The van der Waals surface area contributed by atoms with Gasteiger partial charge in [-0.05, 0) is 59.8 Å². The van der Waals surface area contributed by atoms with Gasteiger partial charge in [0.05, 0.1) is 0 Å². The van der Waals surface area contributed by atoms with Crippen LogP contribution in [0.25, 0.3) is 11.8 Å². The van der Waals surface area contributed by atoms with Gasteiger partial charge in [0.15, 0.2) is 0 Å². The lowest BCUT2D eigenvalue weighted by molar-refractivity contribution is 0.588. The number of nitrogens with one attached hydrogen (secondary N) is 3. The second-order valence-electron chi connectivity index (χ2n) is 8.92. The molecule has 0 aliphatic heterocycles. The highest BCUT2D eigenvalue weighted by molar-refractivity contribution is 5.61. The molecule has 5 N–H and O–H groups in total. The average molecular weight is 471 g/mol. The minimum Gasteiger partial charge on any atom is -0.399 e. The molecule has 0 heterocycles. The molecule has 3 aromatic carbocycles. The number of aryl methyl sites for hydroxylation is 1. The summed E-state index contributed by atoms with van der Waals surface area (Å²) in [7, 11) is 1.97. The number of hydrogen-bond donors (Lipinski definition) is 4. The lowest BCUT2D eigenvalue weighted by atomic mass is 10.0. The maximum Gasteiger partial charge on any atom is 0.0340 e. The summed E-state index contributed by atoms with van der Waals surface area (Å²) < 4.78 is 0. The molecule has 0 aromatic heterocycles. The molecule has 0 atom stereocenters. The van der Waals surface area contributed by atoms with Gasteiger partial charge in [0, 0.05) is 37.1 Å². The van der Waals surface area contributed by atoms with E-state index in [2.05, 4.69) is 85.4 Å². The average Bonchev–Trinajstić information content (AvgIpc) is 2.87. The third-order valence-corrected chi connectivity index (χ3v) is 5.59. The Bertz CT molecular complexity index is 1020. The first-order valence-electron chi connectivity index (χ1n) is 12.4. The zero-order valence-corrected chi connectivity index (χ0v) is 21.6. The zero-order valence-electron chi connectivity index (χ0n) is 21.6. The highest BCUT2D eigenvalue weighted by atomic mass is 14.9. The summed E-state index contributed by atoms with van der Waals surface area (Å²) in [5.41, 5.74) is 13.8. The summed E-state index contributed by atoms with van der Waals surface area (Å²) in [6.45, 7) is 15.0. The van der Waals surface area contributed by atoms with E-state index in [1.807, 2.05) is 43.5 Å². The smallest absolute Gasteiger partial charge is 0.0340 e. The van der Waals surface area contributed by atoms with Gasteiger partial charge in [-0.1, -0.05) is 93.7 Å². The molecule has 0 aliphatic rings. The van der Waals surface area contributed by atoms with E-state index < -0.39 is 0 Å². The fourth-order valence-electron chi connectivity index (χ4n) is 3.59. The predicted octanol–water partition coefficient (Wildman–Crippen LogP) is 6.01. The topological polar surface area (TPSA) is 62.1 Å². The quantitative estimate of drug-likeness (QED) is 0.193. The highest BCUT2D eigenvalue weighted by Crippen LogP contribution is 2.16. The van der Waals surface area contributed by atoms with Gasteiger partial charge in [0.2, 0.25) is 0 Å². The van der Waals surface area contributed by atoms with Gasteiger partial charge >= 0.3 is 0 Å². The maximum atomic E-state index is 5.79. The molecule has 0 aliphatic carbocycles. The summed E-state index contributed by atoms with van der Waals surface area (Å²) in [6, 6.07) is 25.4. The molecule has 0 saturated carbocycles. The van der Waals surface area contributed by atoms with Gasteiger partial charge < -0.3 is 21.7 Å². The van der Waals surface area contributed by atoms with E-state index >= 15 is 0 Å². The van der Waals surface area contributed by atoms with E-state index in [9.17, 15) is 0 Å². The standard InChI is InChI=1S/C19H22N2.C12H20N2/c1-3-16-14-19(20)12-11-18(16)10-7-13-21-15(2)17-8-5-4-6-9-17;1-10(2)14-9-12-6-4-11(5-7-12)8-13-3/h3-6,8-9,11-12,14,21H,1-2,7,10,13,20H2;4-7,10,13-14H,8-9H2,1-3H3. The van der Waals surface area contributed by atoms with Crippen LogP contribution in [0.5, 0.6) is 0 Å². The van der Waals surface area contributed by atoms with Crippen molar-refractivity contribution >= 4 is 17.5 Å². The van der Waals surface area contributed by atoms with Crippen LogP contribution in [-0.4, -0.2) is 19.6 Å². The Kier molecular flexibility index (Phi) is 12.4. The van der Waals surface area contributed by atoms with Crippen LogP contribution in [0.2, 0.25) is 0 Å². The summed E-state index contributed by atoms with van der Waals surface area (Å²) >= 11 is 0. The molecular weight excluding hydrogens is 428 g/mol. The van der Waals surface area contributed by atoms with Crippen molar-refractivity contribution in [2.45, 2.75) is 45.8 Å². The van der Waals surface area contributed by atoms with Crippen molar-refractivity contribution in [3.05, 3.63) is 114 Å².